The Labute approximate surface area is 268 Å². The van der Waals surface area contributed by atoms with Crippen LogP contribution < -0.4 is 5.32 Å². The number of carbonyl (C=O) groups is 1. The molecule has 0 aromatic heterocycles. The molecule has 0 aromatic rings. The maximum absolute atomic E-state index is 11.8. The third-order valence-electron chi connectivity index (χ3n) is 7.91. The molecule has 4 nitrogen and oxygen atoms in total. The second-order valence-electron chi connectivity index (χ2n) is 12.2. The smallest absolute Gasteiger partial charge is 0.407 e. The van der Waals surface area contributed by atoms with Gasteiger partial charge in [0.1, 0.15) is 6.61 Å². The van der Waals surface area contributed by atoms with Crippen LogP contribution in [0.3, 0.4) is 0 Å². The summed E-state index contributed by atoms with van der Waals surface area (Å²) in [6, 6.07) is 0. The van der Waals surface area contributed by atoms with E-state index in [-0.39, 0.29) is 6.09 Å². The van der Waals surface area contributed by atoms with Crippen LogP contribution in [-0.2, 0) is 9.47 Å². The van der Waals surface area contributed by atoms with Crippen LogP contribution in [0.25, 0.3) is 0 Å². The van der Waals surface area contributed by atoms with Crippen molar-refractivity contribution in [1.29, 1.82) is 0 Å². The molecule has 0 atom stereocenters. The molecule has 0 aliphatic rings. The fraction of sp³-hybridized carbons (Fsp3) is 0.821. The molecular weight excluding hydrogens is 530 g/mol. The van der Waals surface area contributed by atoms with Gasteiger partial charge in [0.15, 0.2) is 0 Å². The van der Waals surface area contributed by atoms with Crippen molar-refractivity contribution in [1.82, 2.24) is 5.32 Å². The lowest BCUT2D eigenvalue weighted by molar-refractivity contribution is 0.0709. The Morgan fingerprint density at radius 1 is 0.465 bits per heavy atom. The molecule has 252 valence electrons. The van der Waals surface area contributed by atoms with E-state index in [1.54, 1.807) is 0 Å². The SMILES string of the molecule is CCCCC/C=C\C/C=C\CCCCCCCCNC(=O)OCCOCCCCCCCC/C=C\CCCCCCCC. The van der Waals surface area contributed by atoms with Crippen LogP contribution in [0.2, 0.25) is 0 Å². The van der Waals surface area contributed by atoms with Gasteiger partial charge in [0.2, 0.25) is 0 Å². The van der Waals surface area contributed by atoms with E-state index >= 15 is 0 Å². The molecule has 0 radical (unpaired) electrons. The Bertz CT molecular complexity index is 628. The number of alkyl carbamates (subject to hydrolysis) is 1. The second kappa shape index (κ2) is 38.5. The summed E-state index contributed by atoms with van der Waals surface area (Å²) >= 11 is 0. The van der Waals surface area contributed by atoms with E-state index in [0.717, 1.165) is 25.9 Å². The molecule has 43 heavy (non-hydrogen) atoms. The Kier molecular flexibility index (Phi) is 37.1. The average molecular weight is 604 g/mol. The molecular formula is C39H73NO3. The molecule has 0 aliphatic carbocycles. The molecule has 0 saturated heterocycles. The zero-order valence-electron chi connectivity index (χ0n) is 28.9. The van der Waals surface area contributed by atoms with E-state index in [1.165, 1.54) is 148 Å². The van der Waals surface area contributed by atoms with Gasteiger partial charge in [-0.2, -0.15) is 0 Å². The van der Waals surface area contributed by atoms with E-state index in [2.05, 4.69) is 55.6 Å². The Morgan fingerprint density at radius 2 is 0.884 bits per heavy atom. The van der Waals surface area contributed by atoms with Crippen molar-refractivity contribution in [3.63, 3.8) is 0 Å². The zero-order valence-corrected chi connectivity index (χ0v) is 28.9. The highest BCUT2D eigenvalue weighted by Crippen LogP contribution is 2.10. The molecule has 0 fully saturated rings. The zero-order chi connectivity index (χ0) is 31.2. The van der Waals surface area contributed by atoms with Crippen LogP contribution in [0.5, 0.6) is 0 Å². The van der Waals surface area contributed by atoms with Gasteiger partial charge < -0.3 is 14.8 Å². The van der Waals surface area contributed by atoms with Gasteiger partial charge in [0.25, 0.3) is 0 Å². The van der Waals surface area contributed by atoms with Crippen molar-refractivity contribution in [2.75, 3.05) is 26.4 Å². The topological polar surface area (TPSA) is 47.6 Å². The Balaban J connectivity index is 3.23. The van der Waals surface area contributed by atoms with Gasteiger partial charge in [-0.3, -0.25) is 0 Å². The minimum Gasteiger partial charge on any atom is -0.447 e. The van der Waals surface area contributed by atoms with Gasteiger partial charge in [-0.25, -0.2) is 4.79 Å². The first kappa shape index (κ1) is 41.4. The van der Waals surface area contributed by atoms with Gasteiger partial charge in [0, 0.05) is 13.2 Å². The number of hydrogen-bond donors (Lipinski definition) is 1. The molecule has 1 N–H and O–H groups in total. The van der Waals surface area contributed by atoms with Crippen LogP contribution in [0.4, 0.5) is 4.79 Å². The maximum Gasteiger partial charge on any atom is 0.407 e. The summed E-state index contributed by atoms with van der Waals surface area (Å²) in [5.74, 6) is 0. The summed E-state index contributed by atoms with van der Waals surface area (Å²) in [5.41, 5.74) is 0. The Hall–Kier alpha value is -1.55. The number of hydrogen-bond acceptors (Lipinski definition) is 3. The molecule has 0 aliphatic heterocycles. The first-order valence-corrected chi connectivity index (χ1v) is 18.7. The number of rotatable bonds is 34. The number of nitrogens with one attached hydrogen (secondary N) is 1. The molecule has 0 bridgehead atoms. The normalized spacial score (nSPS) is 11.9. The minimum atomic E-state index is -0.316. The molecule has 1 amide bonds. The molecule has 0 saturated carbocycles. The minimum absolute atomic E-state index is 0.316. The summed E-state index contributed by atoms with van der Waals surface area (Å²) in [4.78, 5) is 11.8. The summed E-state index contributed by atoms with van der Waals surface area (Å²) in [6.45, 7) is 6.81. The highest BCUT2D eigenvalue weighted by atomic mass is 16.6. The fourth-order valence-corrected chi connectivity index (χ4v) is 5.10. The quantitative estimate of drug-likeness (QED) is 0.0588. The van der Waals surface area contributed by atoms with Crippen molar-refractivity contribution >= 4 is 6.09 Å². The predicted octanol–water partition coefficient (Wildman–Crippen LogP) is 12.6. The van der Waals surface area contributed by atoms with Crippen molar-refractivity contribution in [3.05, 3.63) is 36.5 Å². The third-order valence-corrected chi connectivity index (χ3v) is 7.91. The first-order chi connectivity index (χ1) is 21.3. The summed E-state index contributed by atoms with van der Waals surface area (Å²) in [7, 11) is 0. The lowest BCUT2D eigenvalue weighted by Crippen LogP contribution is -2.26. The molecule has 0 unspecified atom stereocenters. The van der Waals surface area contributed by atoms with E-state index < -0.39 is 0 Å². The second-order valence-corrected chi connectivity index (χ2v) is 12.2. The molecule has 0 aromatic carbocycles. The summed E-state index contributed by atoms with van der Waals surface area (Å²) in [5, 5.41) is 2.86. The average Bonchev–Trinajstić information content (AvgIpc) is 3.01. The third kappa shape index (κ3) is 38.4. The lowest BCUT2D eigenvalue weighted by atomic mass is 10.1. The summed E-state index contributed by atoms with van der Waals surface area (Å²) in [6.07, 6.45) is 46.9. The van der Waals surface area contributed by atoms with E-state index in [0.29, 0.717) is 19.8 Å². The van der Waals surface area contributed by atoms with Crippen molar-refractivity contribution in [2.45, 2.75) is 181 Å². The van der Waals surface area contributed by atoms with Crippen molar-refractivity contribution in [3.8, 4) is 0 Å². The van der Waals surface area contributed by atoms with Crippen LogP contribution >= 0.6 is 0 Å². The molecule has 0 spiro atoms. The van der Waals surface area contributed by atoms with E-state index in [4.69, 9.17) is 9.47 Å². The highest BCUT2D eigenvalue weighted by Gasteiger charge is 2.01. The molecule has 4 heteroatoms. The van der Waals surface area contributed by atoms with Gasteiger partial charge in [-0.15, -0.1) is 0 Å². The van der Waals surface area contributed by atoms with Crippen molar-refractivity contribution < 1.29 is 14.3 Å². The number of carbonyl (C=O) groups excluding carboxylic acids is 1. The monoisotopic (exact) mass is 604 g/mol. The highest BCUT2D eigenvalue weighted by molar-refractivity contribution is 5.66. The first-order valence-electron chi connectivity index (χ1n) is 18.7. The van der Waals surface area contributed by atoms with Gasteiger partial charge >= 0.3 is 6.09 Å². The van der Waals surface area contributed by atoms with Gasteiger partial charge in [0.05, 0.1) is 6.61 Å². The van der Waals surface area contributed by atoms with Crippen LogP contribution in [0, 0.1) is 0 Å². The van der Waals surface area contributed by atoms with Crippen molar-refractivity contribution in [2.24, 2.45) is 0 Å². The van der Waals surface area contributed by atoms with Crippen LogP contribution in [0.15, 0.2) is 36.5 Å². The number of unbranched alkanes of at least 4 members (excludes halogenated alkanes) is 21. The van der Waals surface area contributed by atoms with E-state index in [1.807, 2.05) is 0 Å². The van der Waals surface area contributed by atoms with Crippen LogP contribution in [-0.4, -0.2) is 32.5 Å². The standard InChI is InChI=1S/C39H73NO3/c1-3-5-7-9-11-13-15-17-19-21-23-25-27-29-31-33-35-40-39(41)43-38-37-42-36-34-32-30-28-26-24-22-20-18-16-14-12-10-8-6-4-2/h11,13,17-20H,3-10,12,14-16,21-38H2,1-2H3,(H,40,41)/b13-11-,19-17-,20-18-. The van der Waals surface area contributed by atoms with E-state index in [9.17, 15) is 4.79 Å². The summed E-state index contributed by atoms with van der Waals surface area (Å²) < 4.78 is 10.8. The number of amides is 1. The molecule has 0 heterocycles. The number of ether oxygens (including phenoxy) is 2. The van der Waals surface area contributed by atoms with Gasteiger partial charge in [-0.1, -0.05) is 147 Å². The maximum atomic E-state index is 11.8. The predicted molar refractivity (Wildman–Crippen MR) is 189 cm³/mol. The fourth-order valence-electron chi connectivity index (χ4n) is 5.10. The number of allylic oxidation sites excluding steroid dienone is 6. The van der Waals surface area contributed by atoms with Gasteiger partial charge in [-0.05, 0) is 70.6 Å². The lowest BCUT2D eigenvalue weighted by Gasteiger charge is -2.08. The largest absolute Gasteiger partial charge is 0.447 e. The Morgan fingerprint density at radius 3 is 1.44 bits per heavy atom. The molecule has 0 rings (SSSR count). The van der Waals surface area contributed by atoms with Crippen LogP contribution in [0.1, 0.15) is 181 Å².